The van der Waals surface area contributed by atoms with Crippen LogP contribution in [0.2, 0.25) is 5.02 Å². The summed E-state index contributed by atoms with van der Waals surface area (Å²) < 4.78 is 5.03. The molecule has 0 saturated carbocycles. The van der Waals surface area contributed by atoms with E-state index in [1.54, 1.807) is 36.4 Å². The van der Waals surface area contributed by atoms with Crippen LogP contribution >= 0.6 is 23.4 Å². The fraction of sp³-hybridized carbons (Fsp3) is 0.158. The molecule has 1 aliphatic heterocycles. The Morgan fingerprint density at radius 1 is 1.34 bits per heavy atom. The number of carbonyl (C=O) groups is 2. The molecule has 0 aliphatic carbocycles. The van der Waals surface area contributed by atoms with Crippen molar-refractivity contribution < 1.29 is 19.4 Å². The Labute approximate surface area is 176 Å². The van der Waals surface area contributed by atoms with Gasteiger partial charge in [-0.2, -0.15) is 5.10 Å². The molecule has 0 bridgehead atoms. The Hall–Kier alpha value is -3.04. The van der Waals surface area contributed by atoms with Crippen molar-refractivity contribution in [3.63, 3.8) is 0 Å². The van der Waals surface area contributed by atoms with Gasteiger partial charge in [0.05, 0.1) is 13.3 Å². The minimum absolute atomic E-state index is 0.00295. The van der Waals surface area contributed by atoms with Crippen molar-refractivity contribution in [2.75, 3.05) is 12.4 Å². The zero-order chi connectivity index (χ0) is 20.8. The lowest BCUT2D eigenvalue weighted by Gasteiger charge is -2.07. The second-order valence-corrected chi connectivity index (χ2v) is 7.56. The van der Waals surface area contributed by atoms with Gasteiger partial charge >= 0.3 is 0 Å². The molecule has 3 N–H and O–H groups in total. The first-order valence-corrected chi connectivity index (χ1v) is 9.71. The van der Waals surface area contributed by atoms with Gasteiger partial charge in [0.25, 0.3) is 0 Å². The number of nitrogens with one attached hydrogen (secondary N) is 2. The predicted molar refractivity (Wildman–Crippen MR) is 114 cm³/mol. The molecule has 10 heteroatoms. The Kier molecular flexibility index (Phi) is 6.73. The summed E-state index contributed by atoms with van der Waals surface area (Å²) in [5.74, 6) is -0.256. The molecule has 29 heavy (non-hydrogen) atoms. The van der Waals surface area contributed by atoms with Crippen LogP contribution in [-0.2, 0) is 9.59 Å². The van der Waals surface area contributed by atoms with Crippen molar-refractivity contribution in [3.8, 4) is 11.5 Å². The number of thioether (sulfide) groups is 1. The molecule has 1 unspecified atom stereocenters. The average molecular weight is 433 g/mol. The van der Waals surface area contributed by atoms with Crippen molar-refractivity contribution in [2.45, 2.75) is 11.7 Å². The number of methoxy groups -OCH3 is 1. The van der Waals surface area contributed by atoms with Gasteiger partial charge in [0, 0.05) is 17.1 Å². The van der Waals surface area contributed by atoms with Crippen molar-refractivity contribution in [1.29, 1.82) is 0 Å². The van der Waals surface area contributed by atoms with Gasteiger partial charge in [0.2, 0.25) is 11.8 Å². The Balaban J connectivity index is 1.56. The molecule has 1 saturated heterocycles. The lowest BCUT2D eigenvalue weighted by atomic mass is 10.2. The van der Waals surface area contributed by atoms with Gasteiger partial charge in [-0.25, -0.2) is 0 Å². The zero-order valence-electron chi connectivity index (χ0n) is 15.3. The highest BCUT2D eigenvalue weighted by Crippen LogP contribution is 2.26. The van der Waals surface area contributed by atoms with Crippen LogP contribution in [0.5, 0.6) is 11.5 Å². The number of hydrogen-bond acceptors (Lipinski definition) is 7. The van der Waals surface area contributed by atoms with Gasteiger partial charge in [-0.15, -0.1) is 5.10 Å². The maximum absolute atomic E-state index is 12.2. The first-order chi connectivity index (χ1) is 13.9. The summed E-state index contributed by atoms with van der Waals surface area (Å²) in [6.07, 6.45) is 1.46. The number of carbonyl (C=O) groups excluding carboxylic acids is 2. The third-order valence-electron chi connectivity index (χ3n) is 3.83. The molecule has 3 rings (SSSR count). The van der Waals surface area contributed by atoms with Crippen molar-refractivity contribution in [1.82, 2.24) is 5.32 Å². The summed E-state index contributed by atoms with van der Waals surface area (Å²) in [6.45, 7) is 0. The molecular formula is C19H17ClN4O4S. The van der Waals surface area contributed by atoms with Gasteiger partial charge in [-0.3, -0.25) is 9.59 Å². The van der Waals surface area contributed by atoms with E-state index in [4.69, 9.17) is 16.3 Å². The van der Waals surface area contributed by atoms with Crippen LogP contribution in [0.4, 0.5) is 5.69 Å². The van der Waals surface area contributed by atoms with Crippen LogP contribution in [-0.4, -0.2) is 40.7 Å². The summed E-state index contributed by atoms with van der Waals surface area (Å²) >= 11 is 6.95. The minimum atomic E-state index is -0.593. The summed E-state index contributed by atoms with van der Waals surface area (Å²) in [5, 5.41) is 23.1. The van der Waals surface area contributed by atoms with Gasteiger partial charge in [0.1, 0.15) is 5.25 Å². The number of halogens is 1. The molecule has 150 valence electrons. The maximum Gasteiger partial charge on any atom is 0.240 e. The molecule has 2 amide bonds. The van der Waals surface area contributed by atoms with E-state index in [2.05, 4.69) is 20.8 Å². The minimum Gasteiger partial charge on any atom is -0.504 e. The smallest absolute Gasteiger partial charge is 0.240 e. The number of amidine groups is 1. The highest BCUT2D eigenvalue weighted by Gasteiger charge is 2.32. The second-order valence-electron chi connectivity index (χ2n) is 5.94. The van der Waals surface area contributed by atoms with Crippen LogP contribution in [0.25, 0.3) is 0 Å². The van der Waals surface area contributed by atoms with E-state index in [0.29, 0.717) is 27.2 Å². The van der Waals surface area contributed by atoms with E-state index in [1.807, 2.05) is 0 Å². The number of anilines is 1. The van der Waals surface area contributed by atoms with E-state index in [0.717, 1.165) is 11.8 Å². The average Bonchev–Trinajstić information content (AvgIpc) is 3.04. The second kappa shape index (κ2) is 9.44. The predicted octanol–water partition coefficient (Wildman–Crippen LogP) is 3.00. The standard InChI is InChI=1S/C19H17ClN4O4S/c1-28-15-8-11(2-7-14(15)25)10-21-24-19-23-18(27)16(29-19)9-17(26)22-13-5-3-12(20)4-6-13/h2-8,10,16,25H,9H2,1H3,(H,22,26)(H,23,24,27)/b21-10+. The first kappa shape index (κ1) is 20.7. The largest absolute Gasteiger partial charge is 0.504 e. The van der Waals surface area contributed by atoms with E-state index < -0.39 is 5.25 Å². The summed E-state index contributed by atoms with van der Waals surface area (Å²) in [5.41, 5.74) is 1.27. The number of aromatic hydroxyl groups is 1. The first-order valence-electron chi connectivity index (χ1n) is 8.45. The fourth-order valence-electron chi connectivity index (χ4n) is 2.42. The number of phenolic OH excluding ortho intramolecular Hbond substituents is 1. The SMILES string of the molecule is COc1cc(/C=N/N=C2NC(=O)C(CC(=O)Nc3ccc(Cl)cc3)S2)ccc1O. The normalized spacial score (nSPS) is 17.5. The molecule has 0 aromatic heterocycles. The van der Waals surface area contributed by atoms with Gasteiger partial charge in [-0.1, -0.05) is 23.4 Å². The van der Waals surface area contributed by atoms with Gasteiger partial charge in [0.15, 0.2) is 16.7 Å². The number of nitrogens with zero attached hydrogens (tertiary/aromatic N) is 2. The van der Waals surface area contributed by atoms with Crippen LogP contribution < -0.4 is 15.4 Å². The Morgan fingerprint density at radius 2 is 2.10 bits per heavy atom. The number of amides is 2. The molecule has 1 heterocycles. The van der Waals surface area contributed by atoms with Gasteiger partial charge < -0.3 is 20.5 Å². The monoisotopic (exact) mass is 432 g/mol. The van der Waals surface area contributed by atoms with E-state index >= 15 is 0 Å². The highest BCUT2D eigenvalue weighted by atomic mass is 35.5. The molecule has 0 spiro atoms. The highest BCUT2D eigenvalue weighted by molar-refractivity contribution is 8.15. The summed E-state index contributed by atoms with van der Waals surface area (Å²) in [4.78, 5) is 24.2. The van der Waals surface area contributed by atoms with Crippen LogP contribution in [0, 0.1) is 0 Å². The molecule has 1 fully saturated rings. The molecule has 0 radical (unpaired) electrons. The molecule has 2 aromatic carbocycles. The quantitative estimate of drug-likeness (QED) is 0.479. The Morgan fingerprint density at radius 3 is 2.83 bits per heavy atom. The lowest BCUT2D eigenvalue weighted by Crippen LogP contribution is -2.28. The maximum atomic E-state index is 12.2. The number of benzene rings is 2. The van der Waals surface area contributed by atoms with Crippen LogP contribution in [0.1, 0.15) is 12.0 Å². The number of phenols is 1. The third kappa shape index (κ3) is 5.72. The molecule has 8 nitrogen and oxygen atoms in total. The van der Waals surface area contributed by atoms with Crippen molar-refractivity contribution in [3.05, 3.63) is 53.1 Å². The number of ether oxygens (including phenoxy) is 1. The Bertz CT molecular complexity index is 979. The molecule has 2 aromatic rings. The van der Waals surface area contributed by atoms with Crippen molar-refractivity contribution in [2.24, 2.45) is 10.2 Å². The summed E-state index contributed by atoms with van der Waals surface area (Å²) in [7, 11) is 1.45. The van der Waals surface area contributed by atoms with Gasteiger partial charge in [-0.05, 0) is 48.0 Å². The van der Waals surface area contributed by atoms with E-state index in [-0.39, 0.29) is 24.0 Å². The molecule has 1 aliphatic rings. The van der Waals surface area contributed by atoms with E-state index in [9.17, 15) is 14.7 Å². The van der Waals surface area contributed by atoms with Crippen LogP contribution in [0.15, 0.2) is 52.7 Å². The van der Waals surface area contributed by atoms with E-state index in [1.165, 1.54) is 19.4 Å². The topological polar surface area (TPSA) is 112 Å². The molecule has 1 atom stereocenters. The fourth-order valence-corrected chi connectivity index (χ4v) is 3.47. The number of rotatable bonds is 6. The lowest BCUT2D eigenvalue weighted by molar-refractivity contribution is -0.122. The summed E-state index contributed by atoms with van der Waals surface area (Å²) in [6, 6.07) is 11.4. The van der Waals surface area contributed by atoms with Crippen LogP contribution in [0.3, 0.4) is 0 Å². The molecular weight excluding hydrogens is 416 g/mol. The van der Waals surface area contributed by atoms with Crippen molar-refractivity contribution >= 4 is 52.2 Å². The number of hydrogen-bond donors (Lipinski definition) is 3. The third-order valence-corrected chi connectivity index (χ3v) is 5.16. The zero-order valence-corrected chi connectivity index (χ0v) is 16.8.